The van der Waals surface area contributed by atoms with E-state index in [0.29, 0.717) is 6.61 Å². The Kier molecular flexibility index (Phi) is 5.61. The summed E-state index contributed by atoms with van der Waals surface area (Å²) in [5.74, 6) is 0.801. The molecule has 3 nitrogen and oxygen atoms in total. The Bertz CT molecular complexity index is 319. The monoisotopic (exact) mass is 221 g/mol. The van der Waals surface area contributed by atoms with Gasteiger partial charge in [0.15, 0.2) is 0 Å². The first-order chi connectivity index (χ1) is 7.76. The van der Waals surface area contributed by atoms with Crippen molar-refractivity contribution in [3.8, 4) is 5.75 Å². The maximum Gasteiger partial charge on any atom is 0.119 e. The molecule has 0 fully saturated rings. The molecule has 0 bridgehead atoms. The molecule has 0 aliphatic carbocycles. The lowest BCUT2D eigenvalue weighted by Gasteiger charge is -2.09. The van der Waals surface area contributed by atoms with Crippen LogP contribution in [0.5, 0.6) is 5.75 Å². The normalized spacial score (nSPS) is 10.1. The first-order valence-corrected chi connectivity index (χ1v) is 5.46. The first-order valence-electron chi connectivity index (χ1n) is 5.46. The highest BCUT2D eigenvalue weighted by atomic mass is 16.5. The van der Waals surface area contributed by atoms with Crippen molar-refractivity contribution in [2.45, 2.75) is 13.5 Å². The lowest BCUT2D eigenvalue weighted by atomic mass is 10.2. The Morgan fingerprint density at radius 3 is 2.62 bits per heavy atom. The van der Waals surface area contributed by atoms with Crippen LogP contribution in [0, 0.1) is 0 Å². The van der Waals surface area contributed by atoms with E-state index in [1.54, 1.807) is 0 Å². The van der Waals surface area contributed by atoms with Gasteiger partial charge in [-0.2, -0.15) is 0 Å². The lowest BCUT2D eigenvalue weighted by molar-refractivity contribution is 0.281. The molecule has 0 atom stereocenters. The topological polar surface area (TPSA) is 41.5 Å². The Hall–Kier alpha value is -1.32. The predicted octanol–water partition coefficient (Wildman–Crippen LogP) is 1.72. The fraction of sp³-hybridized carbons (Fsp3) is 0.385. The largest absolute Gasteiger partial charge is 0.489 e. The number of hydrogen-bond donors (Lipinski definition) is 2. The van der Waals surface area contributed by atoms with Gasteiger partial charge in [-0.05, 0) is 29.8 Å². The summed E-state index contributed by atoms with van der Waals surface area (Å²) >= 11 is 0. The van der Waals surface area contributed by atoms with Crippen molar-refractivity contribution in [2.75, 3.05) is 19.7 Å². The van der Waals surface area contributed by atoms with Crippen LogP contribution in [0.3, 0.4) is 0 Å². The van der Waals surface area contributed by atoms with Gasteiger partial charge >= 0.3 is 0 Å². The average molecular weight is 221 g/mol. The molecule has 0 aliphatic heterocycles. The van der Waals surface area contributed by atoms with Crippen LogP contribution >= 0.6 is 0 Å². The maximum absolute atomic E-state index is 8.88. The molecular formula is C13H19NO2. The van der Waals surface area contributed by atoms with Crippen LogP contribution in [0.25, 0.3) is 0 Å². The Balaban J connectivity index is 2.33. The zero-order valence-electron chi connectivity index (χ0n) is 9.70. The molecule has 16 heavy (non-hydrogen) atoms. The zero-order valence-corrected chi connectivity index (χ0v) is 9.70. The molecule has 88 valence electrons. The number of aliphatic hydroxyl groups excluding tert-OH is 1. The van der Waals surface area contributed by atoms with Gasteiger partial charge in [0.2, 0.25) is 0 Å². The number of aliphatic hydroxyl groups is 1. The molecule has 1 aromatic carbocycles. The van der Waals surface area contributed by atoms with Crippen molar-refractivity contribution in [2.24, 2.45) is 0 Å². The molecule has 0 aromatic heterocycles. The zero-order chi connectivity index (χ0) is 11.8. The van der Waals surface area contributed by atoms with Crippen LogP contribution in [0.2, 0.25) is 0 Å². The highest BCUT2D eigenvalue weighted by Crippen LogP contribution is 2.12. The molecule has 3 heteroatoms. The second-order valence-corrected chi connectivity index (χ2v) is 3.62. The first kappa shape index (κ1) is 12.7. The van der Waals surface area contributed by atoms with Gasteiger partial charge in [-0.15, -0.1) is 0 Å². The molecule has 1 aromatic rings. The summed E-state index contributed by atoms with van der Waals surface area (Å²) in [6.45, 7) is 8.27. The molecular weight excluding hydrogens is 202 g/mol. The minimum Gasteiger partial charge on any atom is -0.489 e. The van der Waals surface area contributed by atoms with Crippen LogP contribution in [0.15, 0.2) is 36.4 Å². The number of likely N-dealkylation sites (N-methyl/N-ethyl adjacent to an activating group) is 1. The molecule has 0 amide bonds. The van der Waals surface area contributed by atoms with Crippen LogP contribution in [-0.2, 0) is 6.61 Å². The fourth-order valence-corrected chi connectivity index (χ4v) is 1.23. The van der Waals surface area contributed by atoms with Gasteiger partial charge in [-0.25, -0.2) is 0 Å². The molecule has 0 spiro atoms. The smallest absolute Gasteiger partial charge is 0.119 e. The average Bonchev–Trinajstić information content (AvgIpc) is 2.34. The molecule has 0 heterocycles. The predicted molar refractivity (Wildman–Crippen MR) is 65.5 cm³/mol. The Morgan fingerprint density at radius 2 is 2.06 bits per heavy atom. The van der Waals surface area contributed by atoms with Gasteiger partial charge in [0, 0.05) is 6.54 Å². The third-order valence-electron chi connectivity index (χ3n) is 2.17. The van der Waals surface area contributed by atoms with Gasteiger partial charge in [0.05, 0.1) is 6.61 Å². The molecule has 0 saturated carbocycles. The highest BCUT2D eigenvalue weighted by Gasteiger charge is 1.97. The summed E-state index contributed by atoms with van der Waals surface area (Å²) in [5.41, 5.74) is 1.91. The number of hydrogen-bond acceptors (Lipinski definition) is 3. The van der Waals surface area contributed by atoms with Crippen molar-refractivity contribution in [1.29, 1.82) is 0 Å². The minimum absolute atomic E-state index is 0.0629. The summed E-state index contributed by atoms with van der Waals surface area (Å²) < 4.78 is 5.54. The van der Waals surface area contributed by atoms with Crippen LogP contribution < -0.4 is 10.1 Å². The molecule has 0 unspecified atom stereocenters. The molecule has 0 radical (unpaired) electrons. The Morgan fingerprint density at radius 1 is 1.38 bits per heavy atom. The van der Waals surface area contributed by atoms with Crippen molar-refractivity contribution in [3.05, 3.63) is 42.0 Å². The van der Waals surface area contributed by atoms with E-state index in [2.05, 4.69) is 18.8 Å². The van der Waals surface area contributed by atoms with E-state index in [1.807, 2.05) is 24.3 Å². The van der Waals surface area contributed by atoms with Gasteiger partial charge in [0.25, 0.3) is 0 Å². The molecule has 0 aliphatic rings. The van der Waals surface area contributed by atoms with Gasteiger partial charge in [-0.3, -0.25) is 0 Å². The minimum atomic E-state index is 0.0629. The van der Waals surface area contributed by atoms with Crippen molar-refractivity contribution in [1.82, 2.24) is 5.32 Å². The van der Waals surface area contributed by atoms with E-state index >= 15 is 0 Å². The maximum atomic E-state index is 8.88. The van der Waals surface area contributed by atoms with Gasteiger partial charge in [-0.1, -0.05) is 25.6 Å². The standard InChI is InChI=1S/C13H19NO2/c1-3-14-8-11(2)10-16-13-6-4-12(9-15)5-7-13/h4-7,14-15H,2-3,8-10H2,1H3. The molecule has 1 rings (SSSR count). The van der Waals surface area contributed by atoms with Crippen molar-refractivity contribution >= 4 is 0 Å². The summed E-state index contributed by atoms with van der Waals surface area (Å²) in [6.07, 6.45) is 0. The number of ether oxygens (including phenoxy) is 1. The van der Waals surface area contributed by atoms with Crippen molar-refractivity contribution in [3.63, 3.8) is 0 Å². The van der Waals surface area contributed by atoms with Crippen molar-refractivity contribution < 1.29 is 9.84 Å². The number of rotatable bonds is 7. The van der Waals surface area contributed by atoms with Gasteiger partial charge < -0.3 is 15.2 Å². The quantitative estimate of drug-likeness (QED) is 0.689. The Labute approximate surface area is 96.8 Å². The third kappa shape index (κ3) is 4.47. The summed E-state index contributed by atoms with van der Waals surface area (Å²) in [4.78, 5) is 0. The summed E-state index contributed by atoms with van der Waals surface area (Å²) in [7, 11) is 0. The molecule has 2 N–H and O–H groups in total. The second-order valence-electron chi connectivity index (χ2n) is 3.62. The summed E-state index contributed by atoms with van der Waals surface area (Å²) in [6, 6.07) is 7.41. The number of benzene rings is 1. The van der Waals surface area contributed by atoms with Crippen LogP contribution in [-0.4, -0.2) is 24.8 Å². The highest BCUT2D eigenvalue weighted by molar-refractivity contribution is 5.27. The second kappa shape index (κ2) is 7.04. The lowest BCUT2D eigenvalue weighted by Crippen LogP contribution is -2.18. The summed E-state index contributed by atoms with van der Waals surface area (Å²) in [5, 5.41) is 12.1. The van der Waals surface area contributed by atoms with E-state index in [4.69, 9.17) is 9.84 Å². The molecule has 0 saturated heterocycles. The van der Waals surface area contributed by atoms with Crippen LogP contribution in [0.1, 0.15) is 12.5 Å². The third-order valence-corrected chi connectivity index (χ3v) is 2.17. The van der Waals surface area contributed by atoms with E-state index in [9.17, 15) is 0 Å². The van der Waals surface area contributed by atoms with E-state index in [-0.39, 0.29) is 6.61 Å². The van der Waals surface area contributed by atoms with E-state index < -0.39 is 0 Å². The van der Waals surface area contributed by atoms with E-state index in [0.717, 1.165) is 30.0 Å². The van der Waals surface area contributed by atoms with Gasteiger partial charge in [0.1, 0.15) is 12.4 Å². The SMILES string of the molecule is C=C(CNCC)COc1ccc(CO)cc1. The van der Waals surface area contributed by atoms with E-state index in [1.165, 1.54) is 0 Å². The number of nitrogens with one attached hydrogen (secondary N) is 1. The van der Waals surface area contributed by atoms with Crippen LogP contribution in [0.4, 0.5) is 0 Å². The fourth-order valence-electron chi connectivity index (χ4n) is 1.23.